The Hall–Kier alpha value is -1.51. The van der Waals surface area contributed by atoms with Crippen molar-refractivity contribution in [3.63, 3.8) is 0 Å². The predicted molar refractivity (Wildman–Crippen MR) is 88.4 cm³/mol. The molecular weight excluding hydrogens is 282 g/mol. The molecule has 0 fully saturated rings. The van der Waals surface area contributed by atoms with Crippen molar-refractivity contribution in [3.8, 4) is 0 Å². The van der Waals surface area contributed by atoms with Crippen LogP contribution in [0.15, 0.2) is 42.5 Å². The Kier molecular flexibility index (Phi) is 3.92. The van der Waals surface area contributed by atoms with Gasteiger partial charge in [-0.15, -0.1) is 0 Å². The summed E-state index contributed by atoms with van der Waals surface area (Å²) in [6.45, 7) is 5.00. The number of hydrogen-bond donors (Lipinski definition) is 1. The zero-order chi connectivity index (χ0) is 15.0. The van der Waals surface area contributed by atoms with E-state index in [0.717, 1.165) is 24.2 Å². The lowest BCUT2D eigenvalue weighted by molar-refractivity contribution is 0.199. The van der Waals surface area contributed by atoms with Gasteiger partial charge in [0.2, 0.25) is 0 Å². The van der Waals surface area contributed by atoms with Gasteiger partial charge in [-0.2, -0.15) is 0 Å². The first-order valence-corrected chi connectivity index (χ1v) is 7.77. The van der Waals surface area contributed by atoms with E-state index in [1.807, 2.05) is 18.2 Å². The molecule has 110 valence electrons. The summed E-state index contributed by atoms with van der Waals surface area (Å²) in [6.07, 6.45) is 0.575. The van der Waals surface area contributed by atoms with Gasteiger partial charge in [0.25, 0.3) is 0 Å². The van der Waals surface area contributed by atoms with Crippen LogP contribution in [-0.2, 0) is 6.42 Å². The number of anilines is 2. The van der Waals surface area contributed by atoms with Crippen LogP contribution >= 0.6 is 11.6 Å². The quantitative estimate of drug-likeness (QED) is 0.867. The van der Waals surface area contributed by atoms with Gasteiger partial charge in [-0.05, 0) is 48.6 Å². The number of hydrogen-bond acceptors (Lipinski definition) is 2. The van der Waals surface area contributed by atoms with E-state index in [9.17, 15) is 5.11 Å². The Labute approximate surface area is 131 Å². The summed E-state index contributed by atoms with van der Waals surface area (Å²) in [7, 11) is 0. The molecule has 2 aromatic rings. The molecule has 0 aliphatic carbocycles. The van der Waals surface area contributed by atoms with Gasteiger partial charge in [-0.1, -0.05) is 42.8 Å². The highest BCUT2D eigenvalue weighted by atomic mass is 35.5. The van der Waals surface area contributed by atoms with Crippen molar-refractivity contribution in [1.29, 1.82) is 0 Å². The average molecular weight is 302 g/mol. The number of fused-ring (bicyclic) bond motifs is 1. The van der Waals surface area contributed by atoms with Gasteiger partial charge in [-0.3, -0.25) is 0 Å². The molecule has 0 saturated heterocycles. The predicted octanol–water partition coefficient (Wildman–Crippen LogP) is 4.72. The lowest BCUT2D eigenvalue weighted by Gasteiger charge is -2.35. The van der Waals surface area contributed by atoms with Gasteiger partial charge in [0, 0.05) is 22.9 Å². The van der Waals surface area contributed by atoms with E-state index in [1.54, 1.807) is 6.92 Å². The number of para-hydroxylation sites is 1. The maximum Gasteiger partial charge on any atom is 0.0776 e. The van der Waals surface area contributed by atoms with Crippen LogP contribution in [0.2, 0.25) is 5.02 Å². The molecular formula is C18H20ClNO. The Morgan fingerprint density at radius 2 is 2.00 bits per heavy atom. The Balaban J connectivity index is 2.03. The van der Waals surface area contributed by atoms with Crippen molar-refractivity contribution in [1.82, 2.24) is 0 Å². The van der Waals surface area contributed by atoms with E-state index < -0.39 is 6.10 Å². The van der Waals surface area contributed by atoms with E-state index in [0.29, 0.717) is 10.9 Å². The second kappa shape index (κ2) is 5.70. The molecule has 0 radical (unpaired) electrons. The van der Waals surface area contributed by atoms with Crippen molar-refractivity contribution in [2.75, 3.05) is 11.4 Å². The highest BCUT2D eigenvalue weighted by Crippen LogP contribution is 2.37. The van der Waals surface area contributed by atoms with E-state index >= 15 is 0 Å². The topological polar surface area (TPSA) is 23.5 Å². The van der Waals surface area contributed by atoms with Crippen LogP contribution in [0.3, 0.4) is 0 Å². The summed E-state index contributed by atoms with van der Waals surface area (Å²) in [5, 5.41) is 10.3. The maximum absolute atomic E-state index is 9.71. The van der Waals surface area contributed by atoms with E-state index in [1.165, 1.54) is 11.3 Å². The van der Waals surface area contributed by atoms with Crippen molar-refractivity contribution in [3.05, 3.63) is 58.6 Å². The molecule has 2 aromatic carbocycles. The third-order valence-corrected chi connectivity index (χ3v) is 4.42. The van der Waals surface area contributed by atoms with Gasteiger partial charge in [0.15, 0.2) is 0 Å². The Morgan fingerprint density at radius 3 is 2.71 bits per heavy atom. The minimum atomic E-state index is -0.542. The molecule has 1 aliphatic heterocycles. The molecule has 0 saturated carbocycles. The fraction of sp³-hybridized carbons (Fsp3) is 0.333. The molecule has 0 spiro atoms. The van der Waals surface area contributed by atoms with Crippen molar-refractivity contribution in [2.45, 2.75) is 26.4 Å². The van der Waals surface area contributed by atoms with Crippen LogP contribution in [-0.4, -0.2) is 11.7 Å². The van der Waals surface area contributed by atoms with Gasteiger partial charge < -0.3 is 10.0 Å². The fourth-order valence-corrected chi connectivity index (χ4v) is 3.40. The van der Waals surface area contributed by atoms with E-state index in [2.05, 4.69) is 36.1 Å². The van der Waals surface area contributed by atoms with Gasteiger partial charge in [0.05, 0.1) is 6.10 Å². The summed E-state index contributed by atoms with van der Waals surface area (Å²) in [5.41, 5.74) is 4.51. The van der Waals surface area contributed by atoms with Crippen LogP contribution in [0, 0.1) is 5.92 Å². The van der Waals surface area contributed by atoms with Gasteiger partial charge in [-0.25, -0.2) is 0 Å². The minimum Gasteiger partial charge on any atom is -0.389 e. The number of rotatable bonds is 2. The molecule has 2 unspecified atom stereocenters. The molecule has 21 heavy (non-hydrogen) atoms. The lowest BCUT2D eigenvalue weighted by atomic mass is 9.93. The zero-order valence-electron chi connectivity index (χ0n) is 12.4. The smallest absolute Gasteiger partial charge is 0.0776 e. The third kappa shape index (κ3) is 2.78. The molecule has 1 heterocycles. The summed E-state index contributed by atoms with van der Waals surface area (Å²) < 4.78 is 0. The average Bonchev–Trinajstić information content (AvgIpc) is 2.45. The van der Waals surface area contributed by atoms with Crippen LogP contribution in [0.1, 0.15) is 31.1 Å². The second-order valence-electron chi connectivity index (χ2n) is 5.93. The number of benzene rings is 2. The molecule has 3 heteroatoms. The summed E-state index contributed by atoms with van der Waals surface area (Å²) in [6, 6.07) is 14.5. The maximum atomic E-state index is 9.71. The second-order valence-corrected chi connectivity index (χ2v) is 6.34. The van der Waals surface area contributed by atoms with Gasteiger partial charge in [0.1, 0.15) is 0 Å². The van der Waals surface area contributed by atoms with Crippen molar-refractivity contribution >= 4 is 23.0 Å². The molecule has 2 atom stereocenters. The van der Waals surface area contributed by atoms with Crippen LogP contribution in [0.25, 0.3) is 0 Å². The third-order valence-electron chi connectivity index (χ3n) is 4.09. The van der Waals surface area contributed by atoms with Crippen molar-refractivity contribution in [2.24, 2.45) is 5.92 Å². The molecule has 0 aromatic heterocycles. The molecule has 1 aliphatic rings. The zero-order valence-corrected chi connectivity index (χ0v) is 13.1. The first kappa shape index (κ1) is 14.4. The molecule has 1 N–H and O–H groups in total. The minimum absolute atomic E-state index is 0.542. The van der Waals surface area contributed by atoms with Crippen LogP contribution in [0.4, 0.5) is 11.4 Å². The Bertz CT molecular complexity index is 653. The van der Waals surface area contributed by atoms with E-state index in [-0.39, 0.29) is 0 Å². The largest absolute Gasteiger partial charge is 0.389 e. The number of nitrogens with zero attached hydrogens (tertiary/aromatic N) is 1. The molecule has 3 rings (SSSR count). The lowest BCUT2D eigenvalue weighted by Crippen LogP contribution is -2.30. The normalized spacial score (nSPS) is 19.2. The summed E-state index contributed by atoms with van der Waals surface area (Å²) in [5.74, 6) is 0.607. The number of aliphatic hydroxyl groups is 1. The van der Waals surface area contributed by atoms with Crippen LogP contribution in [0.5, 0.6) is 0 Å². The van der Waals surface area contributed by atoms with E-state index in [4.69, 9.17) is 11.6 Å². The Morgan fingerprint density at radius 1 is 1.24 bits per heavy atom. The fourth-order valence-electron chi connectivity index (χ4n) is 3.06. The van der Waals surface area contributed by atoms with Crippen LogP contribution < -0.4 is 4.90 Å². The number of aliphatic hydroxyl groups excluding tert-OH is 1. The highest BCUT2D eigenvalue weighted by Gasteiger charge is 2.23. The summed E-state index contributed by atoms with van der Waals surface area (Å²) in [4.78, 5) is 2.32. The van der Waals surface area contributed by atoms with Crippen molar-refractivity contribution < 1.29 is 5.11 Å². The SMILES string of the molecule is CC1Cc2ccccc2N(c2ccc(C(C)O)c(Cl)c2)C1. The number of halogens is 1. The standard InChI is InChI=1S/C18H20ClNO/c1-12-9-14-5-3-4-6-18(14)20(11-12)15-7-8-16(13(2)21)17(19)10-15/h3-8,10,12-13,21H,9,11H2,1-2H3. The molecule has 0 bridgehead atoms. The highest BCUT2D eigenvalue weighted by molar-refractivity contribution is 6.31. The monoisotopic (exact) mass is 301 g/mol. The molecule has 2 nitrogen and oxygen atoms in total. The van der Waals surface area contributed by atoms with Gasteiger partial charge >= 0.3 is 0 Å². The molecule has 0 amide bonds. The summed E-state index contributed by atoms with van der Waals surface area (Å²) >= 11 is 6.32. The first-order valence-electron chi connectivity index (χ1n) is 7.39. The first-order chi connectivity index (χ1) is 10.1.